The van der Waals surface area contributed by atoms with Crippen LogP contribution in [0.5, 0.6) is 0 Å². The minimum Gasteiger partial charge on any atom is -0.469 e. The Morgan fingerprint density at radius 3 is 2.35 bits per heavy atom. The van der Waals surface area contributed by atoms with Gasteiger partial charge >= 0.3 is 5.97 Å². The van der Waals surface area contributed by atoms with Crippen molar-refractivity contribution in [1.29, 1.82) is 0 Å². The van der Waals surface area contributed by atoms with E-state index in [1.54, 1.807) is 18.9 Å². The first kappa shape index (κ1) is 15.9. The lowest BCUT2D eigenvalue weighted by Crippen LogP contribution is -2.46. The number of nitrogens with zero attached hydrogens (tertiary/aromatic N) is 1. The Bertz CT molecular complexity index is 275. The molecule has 0 bridgehead atoms. The Kier molecular flexibility index (Phi) is 6.16. The molecule has 1 amide bonds. The first-order valence-corrected chi connectivity index (χ1v) is 5.85. The summed E-state index contributed by atoms with van der Waals surface area (Å²) in [6.07, 6.45) is 0.680. The minimum absolute atomic E-state index is 0.0294. The van der Waals surface area contributed by atoms with Gasteiger partial charge in [0.25, 0.3) is 0 Å². The number of rotatable bonds is 6. The molecule has 5 nitrogen and oxygen atoms in total. The normalized spacial score (nSPS) is 15.9. The maximum absolute atomic E-state index is 12.2. The smallest absolute Gasteiger partial charge is 0.310 e. The fourth-order valence-electron chi connectivity index (χ4n) is 1.61. The predicted molar refractivity (Wildman–Crippen MR) is 66.3 cm³/mol. The summed E-state index contributed by atoms with van der Waals surface area (Å²) < 4.78 is 4.63. The Morgan fingerprint density at radius 1 is 1.47 bits per heavy atom. The van der Waals surface area contributed by atoms with E-state index in [4.69, 9.17) is 5.73 Å². The van der Waals surface area contributed by atoms with Gasteiger partial charge < -0.3 is 15.4 Å². The molecule has 0 aromatic carbocycles. The SMILES string of the molecule is CCC(C)(CN)C(=O)N(C)CC(C)C(=O)OC. The topological polar surface area (TPSA) is 72.6 Å². The highest BCUT2D eigenvalue weighted by Gasteiger charge is 2.33. The van der Waals surface area contributed by atoms with E-state index in [2.05, 4.69) is 4.74 Å². The minimum atomic E-state index is -0.551. The number of carbonyl (C=O) groups excluding carboxylic acids is 2. The summed E-state index contributed by atoms with van der Waals surface area (Å²) in [5, 5.41) is 0. The molecule has 2 unspecified atom stereocenters. The van der Waals surface area contributed by atoms with E-state index in [0.29, 0.717) is 19.5 Å². The zero-order valence-electron chi connectivity index (χ0n) is 11.4. The van der Waals surface area contributed by atoms with Crippen molar-refractivity contribution in [2.24, 2.45) is 17.1 Å². The second-order valence-electron chi connectivity index (χ2n) is 4.73. The van der Waals surface area contributed by atoms with Gasteiger partial charge in [-0.15, -0.1) is 0 Å². The zero-order chi connectivity index (χ0) is 13.6. The van der Waals surface area contributed by atoms with Crippen LogP contribution >= 0.6 is 0 Å². The summed E-state index contributed by atoms with van der Waals surface area (Å²) >= 11 is 0. The number of nitrogens with two attached hydrogens (primary N) is 1. The van der Waals surface area contributed by atoms with Crippen LogP contribution in [0.25, 0.3) is 0 Å². The number of hydrogen-bond donors (Lipinski definition) is 1. The standard InChI is InChI=1S/C12H24N2O3/c1-6-12(3,8-13)11(16)14(4)7-9(2)10(15)17-5/h9H,6-8,13H2,1-5H3. The van der Waals surface area contributed by atoms with Gasteiger partial charge in [-0.05, 0) is 13.3 Å². The highest BCUT2D eigenvalue weighted by Crippen LogP contribution is 2.22. The Morgan fingerprint density at radius 2 is 2.00 bits per heavy atom. The molecule has 0 saturated carbocycles. The molecule has 2 N–H and O–H groups in total. The van der Waals surface area contributed by atoms with Crippen LogP contribution in [0, 0.1) is 11.3 Å². The van der Waals surface area contributed by atoms with Gasteiger partial charge in [-0.2, -0.15) is 0 Å². The van der Waals surface area contributed by atoms with Gasteiger partial charge in [-0.1, -0.05) is 13.8 Å². The Labute approximate surface area is 103 Å². The molecule has 2 atom stereocenters. The van der Waals surface area contributed by atoms with E-state index in [1.165, 1.54) is 7.11 Å². The first-order chi connectivity index (χ1) is 7.82. The number of amides is 1. The lowest BCUT2D eigenvalue weighted by atomic mass is 9.86. The van der Waals surface area contributed by atoms with E-state index < -0.39 is 5.41 Å². The number of esters is 1. The Balaban J connectivity index is 4.56. The van der Waals surface area contributed by atoms with Gasteiger partial charge in [-0.3, -0.25) is 9.59 Å². The summed E-state index contributed by atoms with van der Waals surface area (Å²) in [4.78, 5) is 25.0. The molecule has 0 rings (SSSR count). The summed E-state index contributed by atoms with van der Waals surface area (Å²) in [5.41, 5.74) is 5.08. The molecule has 0 saturated heterocycles. The van der Waals surface area contributed by atoms with Crippen LogP contribution in [-0.4, -0.2) is 44.0 Å². The van der Waals surface area contributed by atoms with Gasteiger partial charge in [0.15, 0.2) is 0 Å². The van der Waals surface area contributed by atoms with E-state index in [0.717, 1.165) is 0 Å². The van der Waals surface area contributed by atoms with Gasteiger partial charge in [0, 0.05) is 20.1 Å². The number of carbonyl (C=O) groups is 2. The van der Waals surface area contributed by atoms with Crippen LogP contribution in [-0.2, 0) is 14.3 Å². The fraction of sp³-hybridized carbons (Fsp3) is 0.833. The van der Waals surface area contributed by atoms with Gasteiger partial charge in [0.2, 0.25) is 5.91 Å². The lowest BCUT2D eigenvalue weighted by Gasteiger charge is -2.31. The molecule has 0 aromatic rings. The fourth-order valence-corrected chi connectivity index (χ4v) is 1.61. The van der Waals surface area contributed by atoms with Crippen LogP contribution in [0.15, 0.2) is 0 Å². The van der Waals surface area contributed by atoms with Crippen LogP contribution in [0.4, 0.5) is 0 Å². The number of methoxy groups -OCH3 is 1. The average molecular weight is 244 g/mol. The largest absolute Gasteiger partial charge is 0.469 e. The van der Waals surface area contributed by atoms with E-state index in [1.807, 2.05) is 13.8 Å². The maximum atomic E-state index is 12.2. The number of hydrogen-bond acceptors (Lipinski definition) is 4. The average Bonchev–Trinajstić information content (AvgIpc) is 2.35. The number of ether oxygens (including phenoxy) is 1. The van der Waals surface area contributed by atoms with Crippen molar-refractivity contribution in [3.8, 4) is 0 Å². The van der Waals surface area contributed by atoms with Crippen molar-refractivity contribution in [2.45, 2.75) is 27.2 Å². The van der Waals surface area contributed by atoms with Crippen molar-refractivity contribution in [1.82, 2.24) is 4.90 Å². The zero-order valence-corrected chi connectivity index (χ0v) is 11.4. The summed E-state index contributed by atoms with van der Waals surface area (Å²) in [6.45, 7) is 6.17. The molecule has 17 heavy (non-hydrogen) atoms. The molecule has 100 valence electrons. The van der Waals surface area contributed by atoms with Gasteiger partial charge in [-0.25, -0.2) is 0 Å². The van der Waals surface area contributed by atoms with E-state index in [9.17, 15) is 9.59 Å². The van der Waals surface area contributed by atoms with E-state index in [-0.39, 0.29) is 17.8 Å². The molecule has 0 fully saturated rings. The molecule has 0 aliphatic heterocycles. The lowest BCUT2D eigenvalue weighted by molar-refractivity contribution is -0.147. The third-order valence-electron chi connectivity index (χ3n) is 3.25. The Hall–Kier alpha value is -1.10. The van der Waals surface area contributed by atoms with Crippen molar-refractivity contribution in [3.05, 3.63) is 0 Å². The van der Waals surface area contributed by atoms with Crippen LogP contribution < -0.4 is 5.73 Å². The monoisotopic (exact) mass is 244 g/mol. The molecular formula is C12H24N2O3. The van der Waals surface area contributed by atoms with Gasteiger partial charge in [0.05, 0.1) is 18.4 Å². The predicted octanol–water partition coefficient (Wildman–Crippen LogP) is 0.629. The van der Waals surface area contributed by atoms with Crippen LogP contribution in [0.2, 0.25) is 0 Å². The van der Waals surface area contributed by atoms with Crippen molar-refractivity contribution < 1.29 is 14.3 Å². The molecule has 0 aliphatic rings. The maximum Gasteiger partial charge on any atom is 0.310 e. The molecule has 5 heteroatoms. The first-order valence-electron chi connectivity index (χ1n) is 5.85. The van der Waals surface area contributed by atoms with Crippen LogP contribution in [0.3, 0.4) is 0 Å². The quantitative estimate of drug-likeness (QED) is 0.695. The second-order valence-corrected chi connectivity index (χ2v) is 4.73. The molecule has 0 radical (unpaired) electrons. The third kappa shape index (κ3) is 4.00. The van der Waals surface area contributed by atoms with Crippen molar-refractivity contribution in [3.63, 3.8) is 0 Å². The van der Waals surface area contributed by atoms with Gasteiger partial charge in [0.1, 0.15) is 0 Å². The highest BCUT2D eigenvalue weighted by molar-refractivity contribution is 5.83. The third-order valence-corrected chi connectivity index (χ3v) is 3.25. The molecule has 0 heterocycles. The summed E-state index contributed by atoms with van der Waals surface area (Å²) in [7, 11) is 3.03. The molecule has 0 aliphatic carbocycles. The highest BCUT2D eigenvalue weighted by atomic mass is 16.5. The van der Waals surface area contributed by atoms with Crippen molar-refractivity contribution in [2.75, 3.05) is 27.2 Å². The summed E-state index contributed by atoms with van der Waals surface area (Å²) in [5.74, 6) is -0.665. The van der Waals surface area contributed by atoms with E-state index >= 15 is 0 Å². The van der Waals surface area contributed by atoms with Crippen LogP contribution in [0.1, 0.15) is 27.2 Å². The summed E-state index contributed by atoms with van der Waals surface area (Å²) in [6, 6.07) is 0. The molecule has 0 spiro atoms. The second kappa shape index (κ2) is 6.59. The molecular weight excluding hydrogens is 220 g/mol. The molecule has 0 aromatic heterocycles. The van der Waals surface area contributed by atoms with Crippen molar-refractivity contribution >= 4 is 11.9 Å².